The minimum atomic E-state index is 0.248. The van der Waals surface area contributed by atoms with E-state index in [4.69, 9.17) is 26.3 Å². The maximum absolute atomic E-state index is 4.99. The fourth-order valence-corrected chi connectivity index (χ4v) is 14.6. The molecule has 0 nitrogen and oxygen atoms in total. The van der Waals surface area contributed by atoms with E-state index in [9.17, 15) is 0 Å². The van der Waals surface area contributed by atoms with Gasteiger partial charge in [-0.3, -0.25) is 0 Å². The van der Waals surface area contributed by atoms with Gasteiger partial charge in [0.05, 0.1) is 0 Å². The second-order valence-electron chi connectivity index (χ2n) is 23.0. The number of allylic oxidation sites excluding steroid dienone is 4. The van der Waals surface area contributed by atoms with Crippen LogP contribution in [0.25, 0.3) is 33.4 Å². The van der Waals surface area contributed by atoms with E-state index < -0.39 is 0 Å². The smallest absolute Gasteiger partial charge is 0.0158 e. The van der Waals surface area contributed by atoms with Crippen LogP contribution in [0.5, 0.6) is 0 Å². The summed E-state index contributed by atoms with van der Waals surface area (Å²) in [5, 5.41) is 0. The third-order valence-electron chi connectivity index (χ3n) is 18.2. The summed E-state index contributed by atoms with van der Waals surface area (Å²) >= 11 is 0. The van der Waals surface area contributed by atoms with Crippen LogP contribution < -0.4 is 0 Å². The fourth-order valence-electron chi connectivity index (χ4n) is 14.6. The van der Waals surface area contributed by atoms with E-state index in [1.54, 1.807) is 5.57 Å². The zero-order valence-corrected chi connectivity index (χ0v) is 44.9. The van der Waals surface area contributed by atoms with Crippen LogP contribution >= 0.6 is 0 Å². The van der Waals surface area contributed by atoms with E-state index in [-0.39, 0.29) is 5.92 Å². The van der Waals surface area contributed by atoms with Crippen molar-refractivity contribution in [3.8, 4) is 22.3 Å². The lowest BCUT2D eigenvalue weighted by Crippen LogP contribution is -2.34. The van der Waals surface area contributed by atoms with Gasteiger partial charge in [-0.2, -0.15) is 0 Å². The first-order valence-electron chi connectivity index (χ1n) is 29.5. The van der Waals surface area contributed by atoms with Crippen molar-refractivity contribution in [2.45, 2.75) is 173 Å². The highest BCUT2D eigenvalue weighted by molar-refractivity contribution is 5.84. The van der Waals surface area contributed by atoms with Crippen molar-refractivity contribution in [3.63, 3.8) is 0 Å². The second-order valence-corrected chi connectivity index (χ2v) is 23.0. The third-order valence-corrected chi connectivity index (χ3v) is 18.2. The van der Waals surface area contributed by atoms with Crippen LogP contribution in [0.3, 0.4) is 0 Å². The van der Waals surface area contributed by atoms with Gasteiger partial charge in [-0.1, -0.05) is 287 Å². The first kappa shape index (κ1) is 53.4. The minimum Gasteiger partial charge on any atom is -0.0995 e. The van der Waals surface area contributed by atoms with Crippen LogP contribution in [-0.4, -0.2) is 0 Å². The molecule has 4 saturated carbocycles. The molecule has 4 aliphatic carbocycles. The molecule has 5 aromatic rings. The topological polar surface area (TPSA) is 0 Å². The highest BCUT2D eigenvalue weighted by Crippen LogP contribution is 2.53. The van der Waals surface area contributed by atoms with Gasteiger partial charge >= 0.3 is 0 Å². The largest absolute Gasteiger partial charge is 0.0995 e. The van der Waals surface area contributed by atoms with Crippen LogP contribution in [0.1, 0.15) is 190 Å². The average Bonchev–Trinajstić information content (AvgIpc) is 3.45. The maximum Gasteiger partial charge on any atom is 0.0158 e. The van der Waals surface area contributed by atoms with Gasteiger partial charge in [0, 0.05) is 5.92 Å². The number of benzene rings is 5. The van der Waals surface area contributed by atoms with E-state index in [2.05, 4.69) is 146 Å². The van der Waals surface area contributed by atoms with Crippen molar-refractivity contribution in [1.29, 1.82) is 0 Å². The maximum atomic E-state index is 4.99. The van der Waals surface area contributed by atoms with Crippen molar-refractivity contribution in [3.05, 3.63) is 194 Å². The lowest BCUT2D eigenvalue weighted by Gasteiger charge is -2.44. The average molecular weight is 958 g/mol. The van der Waals surface area contributed by atoms with Gasteiger partial charge in [-0.05, 0) is 149 Å². The molecule has 4 atom stereocenters. The van der Waals surface area contributed by atoms with Gasteiger partial charge in [0.15, 0.2) is 0 Å². The van der Waals surface area contributed by atoms with Crippen LogP contribution in [-0.2, 0) is 0 Å². The molecule has 380 valence electrons. The van der Waals surface area contributed by atoms with Gasteiger partial charge in [-0.15, -0.1) is 0 Å². The standard InChI is InChI=1S/C37H50.C35H42/c1-28(27-30-17-7-3-8-18-30)36(32-21-11-5-12-22-32)37(33-23-13-6-14-24-33)29(2)34-25-15-16-26-35(34)31-19-9-4-10-20-31;1-4-5-9-18-27(2)34(30-21-12-7-13-22-30)35(31-23-14-8-15-24-31)28(3)32-25-16-17-26-33(32)29-19-10-6-11-20-29/h4,9-10,15-16,19-20,25-26,30,32-33,36-37H,1-3,5-8,11-14,17-18,21-24,27H2;6,8,10-11,14-17,19-20,23-26,30,34-35H,2-5,7,9,12-13,18,21-22H2,1H3. The number of hydrogen-bond donors (Lipinski definition) is 0. The molecular weight excluding hydrogens is 865 g/mol. The fraction of sp³-hybridized carbons (Fsp3) is 0.472. The third kappa shape index (κ3) is 14.0. The molecule has 0 heteroatoms. The van der Waals surface area contributed by atoms with Crippen LogP contribution in [0, 0.1) is 41.4 Å². The zero-order chi connectivity index (χ0) is 49.9. The molecule has 4 aliphatic rings. The quantitative estimate of drug-likeness (QED) is 0.0539. The van der Waals surface area contributed by atoms with E-state index in [0.29, 0.717) is 23.7 Å². The van der Waals surface area contributed by atoms with E-state index in [1.807, 2.05) is 0 Å². The molecular formula is C72H92. The second kappa shape index (κ2) is 27.9. The number of rotatable bonds is 20. The summed E-state index contributed by atoms with van der Waals surface area (Å²) in [6, 6.07) is 50.9. The normalized spacial score (nSPS) is 19.0. The Bertz CT molecular complexity index is 2410. The Hall–Kier alpha value is -4.94. The van der Waals surface area contributed by atoms with E-state index in [1.165, 1.54) is 210 Å². The number of hydrogen-bond acceptors (Lipinski definition) is 0. The Balaban J connectivity index is 0.000000193. The molecule has 0 aromatic heterocycles. The Kier molecular flexibility index (Phi) is 20.7. The van der Waals surface area contributed by atoms with Crippen LogP contribution in [0.15, 0.2) is 177 Å². The molecule has 0 radical (unpaired) electrons. The predicted molar refractivity (Wildman–Crippen MR) is 315 cm³/mol. The summed E-state index contributed by atoms with van der Waals surface area (Å²) in [6.07, 6.45) is 33.9. The summed E-state index contributed by atoms with van der Waals surface area (Å²) in [4.78, 5) is 0. The molecule has 0 amide bonds. The first-order valence-corrected chi connectivity index (χ1v) is 29.5. The van der Waals surface area contributed by atoms with Crippen molar-refractivity contribution in [2.24, 2.45) is 41.4 Å². The molecule has 4 fully saturated rings. The highest BCUT2D eigenvalue weighted by atomic mass is 14.4. The lowest BCUT2D eigenvalue weighted by atomic mass is 9.60. The Morgan fingerprint density at radius 1 is 0.403 bits per heavy atom. The zero-order valence-electron chi connectivity index (χ0n) is 44.9. The Morgan fingerprint density at radius 2 is 0.806 bits per heavy atom. The summed E-state index contributed by atoms with van der Waals surface area (Å²) in [5.41, 5.74) is 14.9. The molecule has 0 saturated heterocycles. The molecule has 5 aromatic carbocycles. The van der Waals surface area contributed by atoms with Gasteiger partial charge in [-0.25, -0.2) is 0 Å². The van der Waals surface area contributed by atoms with E-state index >= 15 is 0 Å². The van der Waals surface area contributed by atoms with Gasteiger partial charge in [0.25, 0.3) is 0 Å². The predicted octanol–water partition coefficient (Wildman–Crippen LogP) is 21.8. The number of unbranched alkanes of at least 4 members (excludes halogenated alkanes) is 2. The molecule has 72 heavy (non-hydrogen) atoms. The molecule has 0 aliphatic heterocycles. The molecule has 0 heterocycles. The Labute approximate surface area is 439 Å². The van der Waals surface area contributed by atoms with Crippen LogP contribution in [0.2, 0.25) is 0 Å². The van der Waals surface area contributed by atoms with Gasteiger partial charge < -0.3 is 0 Å². The van der Waals surface area contributed by atoms with Crippen molar-refractivity contribution < 1.29 is 0 Å². The van der Waals surface area contributed by atoms with Crippen molar-refractivity contribution in [1.82, 2.24) is 0 Å². The summed E-state index contributed by atoms with van der Waals surface area (Å²) in [6.45, 7) is 21.8. The molecule has 0 N–H and O–H groups in total. The SMILES string of the molecule is C=C(CC1CCCCC1)C(C1CCCCC1)C(C(=C)c1ccccc1-c1ccccc1)C1CCCCC1.C=C(c1ccccc1-c1ccccc1)C(c1ccccc1)C(C(=C)CCCCC)C1CCCCC1. The van der Waals surface area contributed by atoms with Crippen LogP contribution in [0.4, 0.5) is 0 Å². The Morgan fingerprint density at radius 3 is 1.29 bits per heavy atom. The molecule has 9 rings (SSSR count). The van der Waals surface area contributed by atoms with Gasteiger partial charge in [0.2, 0.25) is 0 Å². The van der Waals surface area contributed by atoms with Crippen molar-refractivity contribution >= 4 is 11.1 Å². The molecule has 0 spiro atoms. The highest BCUT2D eigenvalue weighted by Gasteiger charge is 2.40. The lowest BCUT2D eigenvalue weighted by molar-refractivity contribution is 0.163. The van der Waals surface area contributed by atoms with E-state index in [0.717, 1.165) is 24.2 Å². The summed E-state index contributed by atoms with van der Waals surface area (Å²) < 4.78 is 0. The first-order chi connectivity index (χ1) is 35.4. The molecule has 0 bridgehead atoms. The minimum absolute atomic E-state index is 0.248. The summed E-state index contributed by atoms with van der Waals surface area (Å²) in [7, 11) is 0. The molecule has 4 unspecified atom stereocenters. The summed E-state index contributed by atoms with van der Waals surface area (Å²) in [5.74, 6) is 4.90. The van der Waals surface area contributed by atoms with Crippen molar-refractivity contribution in [2.75, 3.05) is 0 Å². The monoisotopic (exact) mass is 957 g/mol. The van der Waals surface area contributed by atoms with Gasteiger partial charge in [0.1, 0.15) is 0 Å².